The summed E-state index contributed by atoms with van der Waals surface area (Å²) in [5, 5.41) is 0. The van der Waals surface area contributed by atoms with Crippen LogP contribution >= 0.6 is 0 Å². The first-order valence-corrected chi connectivity index (χ1v) is 1.50. The van der Waals surface area contributed by atoms with Crippen LogP contribution in [0.2, 0.25) is 0 Å². The zero-order chi connectivity index (χ0) is 3.58. The summed E-state index contributed by atoms with van der Waals surface area (Å²) in [5.41, 5.74) is 0. The van der Waals surface area contributed by atoms with Gasteiger partial charge in [0.2, 0.25) is 0 Å². The molecule has 0 aliphatic rings. The molecule has 0 unspecified atom stereocenters. The van der Waals surface area contributed by atoms with Crippen molar-refractivity contribution in [1.82, 2.24) is 0 Å². The van der Waals surface area contributed by atoms with Crippen molar-refractivity contribution < 1.29 is 87.1 Å². The fraction of sp³-hybridized carbons (Fsp3) is 0. The molecule has 6 heteroatoms. The first kappa shape index (κ1) is 15.8. The second-order valence-electron chi connectivity index (χ2n) is 0.204. The Morgan fingerprint density at radius 2 is 1.33 bits per heavy atom. The summed E-state index contributed by atoms with van der Waals surface area (Å²) in [6.45, 7) is 0. The van der Waals surface area contributed by atoms with Gasteiger partial charge in [0.1, 0.15) is 0 Å². The molecule has 0 fully saturated rings. The van der Waals surface area contributed by atoms with Crippen molar-refractivity contribution in [2.24, 2.45) is 0 Å². The van der Waals surface area contributed by atoms with Crippen LogP contribution < -0.4 is 51.4 Å². The molecule has 0 aromatic carbocycles. The topological polar surface area (TPSA) is 63.2 Å². The molecule has 0 amide bonds. The maximum Gasteiger partial charge on any atom is 1.00 e. The van der Waals surface area contributed by atoms with E-state index in [1.807, 2.05) is 0 Å². The Bertz CT molecular complexity index is 33.8. The van der Waals surface area contributed by atoms with E-state index in [2.05, 4.69) is 0 Å². The molecular formula is AuKO3S. The molecular weight excluding hydrogens is 316 g/mol. The first-order chi connectivity index (χ1) is 1.73. The van der Waals surface area contributed by atoms with Crippen LogP contribution in [-0.2, 0) is 33.7 Å². The van der Waals surface area contributed by atoms with Gasteiger partial charge in [-0.15, -0.1) is 11.4 Å². The molecule has 0 atom stereocenters. The van der Waals surface area contributed by atoms with E-state index in [0.717, 1.165) is 0 Å². The van der Waals surface area contributed by atoms with E-state index in [0.29, 0.717) is 0 Å². The largest absolute Gasteiger partial charge is 1.00 e. The molecule has 0 N–H and O–H groups in total. The van der Waals surface area contributed by atoms with E-state index in [-0.39, 0.29) is 73.8 Å². The molecule has 0 heterocycles. The van der Waals surface area contributed by atoms with Crippen LogP contribution in [0.3, 0.4) is 0 Å². The van der Waals surface area contributed by atoms with Crippen molar-refractivity contribution in [3.63, 3.8) is 0 Å². The van der Waals surface area contributed by atoms with Crippen molar-refractivity contribution in [3.05, 3.63) is 0 Å². The quantitative estimate of drug-likeness (QED) is 0.338. The molecule has 36 valence electrons. The van der Waals surface area contributed by atoms with Gasteiger partial charge in [0.05, 0.1) is 0 Å². The van der Waals surface area contributed by atoms with Crippen LogP contribution in [0.4, 0.5) is 0 Å². The Hall–Kier alpha value is 2.45. The van der Waals surface area contributed by atoms with E-state index in [4.69, 9.17) is 13.3 Å². The van der Waals surface area contributed by atoms with Gasteiger partial charge in [-0.1, -0.05) is 0 Å². The number of hydrogen-bond acceptors (Lipinski definition) is 3. The predicted molar refractivity (Wildman–Crippen MR) is 9.70 cm³/mol. The van der Waals surface area contributed by atoms with Gasteiger partial charge in [-0.3, -0.25) is 4.21 Å². The van der Waals surface area contributed by atoms with E-state index in [1.54, 1.807) is 0 Å². The monoisotopic (exact) mass is 316 g/mol. The van der Waals surface area contributed by atoms with Crippen LogP contribution in [-0.4, -0.2) is 13.3 Å². The van der Waals surface area contributed by atoms with E-state index < -0.39 is 11.4 Å². The van der Waals surface area contributed by atoms with Crippen LogP contribution in [0, 0.1) is 0 Å². The second-order valence-corrected chi connectivity index (χ2v) is 0.612. The molecule has 0 spiro atoms. The summed E-state index contributed by atoms with van der Waals surface area (Å²) in [5.74, 6) is 0. The van der Waals surface area contributed by atoms with E-state index >= 15 is 0 Å². The molecule has 0 bridgehead atoms. The molecule has 0 aromatic heterocycles. The standard InChI is InChI=1S/Au.K.H2O3S/c;;1-4(2)3/h;;(H2,1,2,3)/q2*+1;/p-2. The van der Waals surface area contributed by atoms with Crippen LogP contribution in [0.5, 0.6) is 0 Å². The van der Waals surface area contributed by atoms with Crippen molar-refractivity contribution in [3.8, 4) is 0 Å². The molecule has 6 heavy (non-hydrogen) atoms. The van der Waals surface area contributed by atoms with Crippen molar-refractivity contribution in [1.29, 1.82) is 0 Å². The third-order valence-electron chi connectivity index (χ3n) is 0. The third kappa shape index (κ3) is 31.9. The third-order valence-corrected chi connectivity index (χ3v) is 0. The number of rotatable bonds is 0. The fourth-order valence-corrected chi connectivity index (χ4v) is 0. The Morgan fingerprint density at radius 3 is 1.33 bits per heavy atom. The SMILES string of the molecule is O=S([O-])[O-].[Au+].[K+]. The summed E-state index contributed by atoms with van der Waals surface area (Å²) in [7, 11) is 0. The normalized spacial score (nSPS) is 5.83. The molecule has 0 aromatic rings. The Labute approximate surface area is 96.3 Å². The maximum absolute atomic E-state index is 8.44. The van der Waals surface area contributed by atoms with Gasteiger partial charge in [-0.05, 0) is 0 Å². The summed E-state index contributed by atoms with van der Waals surface area (Å²) in [6, 6.07) is 0. The van der Waals surface area contributed by atoms with Gasteiger partial charge in [-0.2, -0.15) is 0 Å². The smallest absolute Gasteiger partial charge is 0.784 e. The van der Waals surface area contributed by atoms with Gasteiger partial charge in [0, 0.05) is 0 Å². The van der Waals surface area contributed by atoms with Gasteiger partial charge >= 0.3 is 73.8 Å². The average Bonchev–Trinajstić information content (AvgIpc) is 0.811. The minimum atomic E-state index is -3.11. The van der Waals surface area contributed by atoms with Crippen LogP contribution in [0.1, 0.15) is 0 Å². The molecule has 0 radical (unpaired) electrons. The van der Waals surface area contributed by atoms with Gasteiger partial charge in [0.25, 0.3) is 0 Å². The molecule has 3 nitrogen and oxygen atoms in total. The first-order valence-electron chi connectivity index (χ1n) is 0.500. The molecule has 0 saturated heterocycles. The van der Waals surface area contributed by atoms with Crippen molar-refractivity contribution >= 4 is 11.4 Å². The maximum atomic E-state index is 8.44. The summed E-state index contributed by atoms with van der Waals surface area (Å²) < 4.78 is 25.3. The van der Waals surface area contributed by atoms with Crippen LogP contribution in [0.25, 0.3) is 0 Å². The van der Waals surface area contributed by atoms with Crippen molar-refractivity contribution in [2.75, 3.05) is 0 Å². The van der Waals surface area contributed by atoms with E-state index in [9.17, 15) is 0 Å². The minimum absolute atomic E-state index is 0. The Kier molecular flexibility index (Phi) is 27.5. The summed E-state index contributed by atoms with van der Waals surface area (Å²) in [6.07, 6.45) is 0. The molecule has 0 saturated carbocycles. The number of hydrogen-bond donors (Lipinski definition) is 0. The molecule has 0 aliphatic carbocycles. The average molecular weight is 316 g/mol. The second kappa shape index (κ2) is 10.4. The van der Waals surface area contributed by atoms with Crippen LogP contribution in [0.15, 0.2) is 0 Å². The predicted octanol–water partition coefficient (Wildman–Crippen LogP) is -4.00. The zero-order valence-electron chi connectivity index (χ0n) is 2.93. The Morgan fingerprint density at radius 1 is 1.33 bits per heavy atom. The Balaban J connectivity index is -0.0000000450. The van der Waals surface area contributed by atoms with E-state index in [1.165, 1.54) is 0 Å². The zero-order valence-corrected chi connectivity index (χ0v) is 9.04. The van der Waals surface area contributed by atoms with Gasteiger partial charge in [0.15, 0.2) is 0 Å². The molecule has 0 aliphatic heterocycles. The fourth-order valence-electron chi connectivity index (χ4n) is 0. The van der Waals surface area contributed by atoms with Crippen molar-refractivity contribution in [2.45, 2.75) is 0 Å². The van der Waals surface area contributed by atoms with Gasteiger partial charge in [-0.25, -0.2) is 0 Å². The molecule has 0 rings (SSSR count). The summed E-state index contributed by atoms with van der Waals surface area (Å²) in [4.78, 5) is 0. The summed E-state index contributed by atoms with van der Waals surface area (Å²) >= 11 is -3.11. The minimum Gasteiger partial charge on any atom is -0.784 e. The van der Waals surface area contributed by atoms with Gasteiger partial charge < -0.3 is 9.11 Å².